The summed E-state index contributed by atoms with van der Waals surface area (Å²) in [6.45, 7) is 4.22. The number of hydrogen-bond donors (Lipinski definition) is 3. The second-order valence-corrected chi connectivity index (χ2v) is 17.8. The van der Waals surface area contributed by atoms with Crippen LogP contribution in [0, 0.1) is 11.8 Å². The van der Waals surface area contributed by atoms with Gasteiger partial charge in [0.2, 0.25) is 0 Å². The van der Waals surface area contributed by atoms with E-state index in [0.717, 1.165) is 38.5 Å². The first-order valence-electron chi connectivity index (χ1n) is 21.7. The van der Waals surface area contributed by atoms with E-state index in [4.69, 9.17) is 18.5 Å². The molecular weight excluding hydrogens is 733 g/mol. The number of rotatable bonds is 35. The molecule has 1 aliphatic carbocycles. The fourth-order valence-corrected chi connectivity index (χ4v) is 7.27. The lowest BCUT2D eigenvalue weighted by Gasteiger charge is -2.28. The van der Waals surface area contributed by atoms with E-state index in [0.29, 0.717) is 23.9 Å². The Labute approximate surface area is 340 Å². The number of phosphoric ester groups is 1. The van der Waals surface area contributed by atoms with E-state index in [-0.39, 0.29) is 37.9 Å². The summed E-state index contributed by atoms with van der Waals surface area (Å²) in [5.41, 5.74) is 0. The minimum Gasteiger partial charge on any atom is -0.756 e. The van der Waals surface area contributed by atoms with Crippen LogP contribution in [-0.4, -0.2) is 97.7 Å². The fourth-order valence-electron chi connectivity index (χ4n) is 6.54. The maximum absolute atomic E-state index is 12.8. The molecule has 1 rings (SSSR count). The lowest BCUT2D eigenvalue weighted by atomic mass is 9.89. The number of carbonyl (C=O) groups is 1. The van der Waals surface area contributed by atoms with Gasteiger partial charge in [0.1, 0.15) is 19.8 Å². The van der Waals surface area contributed by atoms with Gasteiger partial charge in [-0.3, -0.25) is 9.36 Å². The normalized spacial score (nSPS) is 21.4. The lowest BCUT2D eigenvalue weighted by molar-refractivity contribution is -0.870. The van der Waals surface area contributed by atoms with Gasteiger partial charge in [-0.2, -0.15) is 0 Å². The quantitative estimate of drug-likeness (QED) is 0.0142. The Hall–Kier alpha value is -1.82. The first-order valence-corrected chi connectivity index (χ1v) is 23.1. The maximum atomic E-state index is 12.8. The minimum atomic E-state index is -4.64. The van der Waals surface area contributed by atoms with Crippen molar-refractivity contribution < 1.29 is 52.6 Å². The van der Waals surface area contributed by atoms with Crippen molar-refractivity contribution in [1.29, 1.82) is 0 Å². The van der Waals surface area contributed by atoms with Gasteiger partial charge in [0.05, 0.1) is 58.7 Å². The van der Waals surface area contributed by atoms with E-state index in [1.54, 1.807) is 24.5 Å². The summed E-state index contributed by atoms with van der Waals surface area (Å²) in [5.74, 6) is -1.16. The van der Waals surface area contributed by atoms with Crippen LogP contribution in [0.15, 0.2) is 48.8 Å². The zero-order chi connectivity index (χ0) is 41.5. The highest BCUT2D eigenvalue weighted by Gasteiger charge is 2.39. The Morgan fingerprint density at radius 3 is 2.05 bits per heavy atom. The highest BCUT2D eigenvalue weighted by Crippen LogP contribution is 2.38. The molecule has 1 unspecified atom stereocenters. The number of aliphatic hydroxyl groups is 3. The van der Waals surface area contributed by atoms with Crippen LogP contribution >= 0.6 is 7.82 Å². The van der Waals surface area contributed by atoms with Crippen LogP contribution in [0.4, 0.5) is 0 Å². The third-order valence-corrected chi connectivity index (χ3v) is 11.0. The van der Waals surface area contributed by atoms with Crippen molar-refractivity contribution in [3.05, 3.63) is 48.8 Å². The number of allylic oxidation sites excluding steroid dienone is 4. The lowest BCUT2D eigenvalue weighted by Crippen LogP contribution is -2.37. The number of likely N-dealkylation sites (N-methyl/N-ethyl adjacent to an activating group) is 1. The zero-order valence-electron chi connectivity index (χ0n) is 35.6. The molecule has 326 valence electrons. The number of aliphatic hydroxyl groups excluding tert-OH is 3. The number of hydrogen-bond acceptors (Lipinski definition) is 10. The molecule has 0 heterocycles. The molecule has 0 aromatic heterocycles. The molecule has 0 aromatic rings. The predicted octanol–water partition coefficient (Wildman–Crippen LogP) is 8.48. The summed E-state index contributed by atoms with van der Waals surface area (Å²) >= 11 is 0. The topological polar surface area (TPSA) is 155 Å². The highest BCUT2D eigenvalue weighted by atomic mass is 31.2. The summed E-state index contributed by atoms with van der Waals surface area (Å²) in [4.78, 5) is 25.2. The van der Waals surface area contributed by atoms with Crippen LogP contribution in [0.2, 0.25) is 0 Å². The molecule has 12 heteroatoms. The smallest absolute Gasteiger partial charge is 0.310 e. The summed E-state index contributed by atoms with van der Waals surface area (Å²) < 4.78 is 34.2. The third-order valence-electron chi connectivity index (χ3n) is 10.0. The number of phosphoric acid groups is 1. The number of unbranched alkanes of at least 4 members (excludes halogenated alkanes) is 13. The van der Waals surface area contributed by atoms with Crippen molar-refractivity contribution in [3.63, 3.8) is 0 Å². The Morgan fingerprint density at radius 2 is 1.41 bits per heavy atom. The molecule has 1 saturated carbocycles. The van der Waals surface area contributed by atoms with Gasteiger partial charge < -0.3 is 43.2 Å². The van der Waals surface area contributed by atoms with Crippen LogP contribution in [0.5, 0.6) is 0 Å². The molecule has 0 amide bonds. The van der Waals surface area contributed by atoms with Crippen molar-refractivity contribution in [2.24, 2.45) is 11.8 Å². The maximum Gasteiger partial charge on any atom is 0.310 e. The summed E-state index contributed by atoms with van der Waals surface area (Å²) in [6, 6.07) is 0. The van der Waals surface area contributed by atoms with Gasteiger partial charge in [0.15, 0.2) is 6.10 Å². The number of quaternary nitrogens is 1. The molecule has 0 radical (unpaired) electrons. The van der Waals surface area contributed by atoms with Crippen molar-refractivity contribution >= 4 is 13.8 Å². The third kappa shape index (κ3) is 28.6. The summed E-state index contributed by atoms with van der Waals surface area (Å²) in [7, 11) is 1.12. The van der Waals surface area contributed by atoms with E-state index in [1.165, 1.54) is 64.2 Å². The fraction of sp³-hybridized carbons (Fsp3) is 0.795. The number of esters is 1. The second kappa shape index (κ2) is 32.1. The highest BCUT2D eigenvalue weighted by molar-refractivity contribution is 7.45. The SMILES string of the molecule is CCCCCC/C=C\CCCCCCCC/C=C/OC[C@H](COP(=O)([O-])OCC[N+](C)(C)C)OC(=O)C/C=C\C[C@H]1[C@@H](/C=C/[C@H](O)CCCCC)[C@H](O)C[C@@H]1O. The molecule has 7 atom stereocenters. The Balaban J connectivity index is 2.55. The van der Waals surface area contributed by atoms with Gasteiger partial charge in [-0.15, -0.1) is 0 Å². The summed E-state index contributed by atoms with van der Waals surface area (Å²) in [5, 5.41) is 31.4. The van der Waals surface area contributed by atoms with Gasteiger partial charge in [-0.25, -0.2) is 0 Å². The van der Waals surface area contributed by atoms with Crippen LogP contribution < -0.4 is 4.89 Å². The first-order chi connectivity index (χ1) is 26.8. The van der Waals surface area contributed by atoms with E-state index in [9.17, 15) is 29.6 Å². The van der Waals surface area contributed by atoms with E-state index < -0.39 is 44.8 Å². The molecule has 0 spiro atoms. The van der Waals surface area contributed by atoms with Gasteiger partial charge in [-0.1, -0.05) is 115 Å². The zero-order valence-corrected chi connectivity index (χ0v) is 36.5. The van der Waals surface area contributed by atoms with Gasteiger partial charge in [-0.05, 0) is 63.4 Å². The summed E-state index contributed by atoms with van der Waals surface area (Å²) in [6.07, 6.45) is 32.0. The van der Waals surface area contributed by atoms with Crippen LogP contribution in [0.3, 0.4) is 0 Å². The Kier molecular flexibility index (Phi) is 29.9. The standard InChI is InChI=1S/C44H80NO10P/c1-6-8-10-11-12-13-14-15-16-17-18-19-20-21-22-26-33-52-36-39(37-54-56(50,51)53-34-32-45(3,4)5)55-44(49)29-25-24-28-40-41(43(48)35-42(40)47)31-30-38(46)27-23-9-7-2/h13-14,24-26,30-31,33,38-43,46-48H,6-12,15-23,27-29,32,34-37H2,1-5H3/b14-13-,25-24-,31-30+,33-26+/t38-,39-,40+,41-,42+,43-/m1/s1. The number of ether oxygens (including phenoxy) is 2. The van der Waals surface area contributed by atoms with Crippen LogP contribution in [0.1, 0.15) is 142 Å². The van der Waals surface area contributed by atoms with Crippen molar-refractivity contribution in [2.45, 2.75) is 167 Å². The molecule has 1 aliphatic rings. The molecule has 56 heavy (non-hydrogen) atoms. The molecule has 0 aliphatic heterocycles. The van der Waals surface area contributed by atoms with E-state index in [2.05, 4.69) is 26.0 Å². The van der Waals surface area contributed by atoms with Crippen molar-refractivity contribution in [3.8, 4) is 0 Å². The number of carbonyl (C=O) groups excluding carboxylic acids is 1. The first kappa shape index (κ1) is 52.2. The van der Waals surface area contributed by atoms with Gasteiger partial charge in [0, 0.05) is 12.3 Å². The van der Waals surface area contributed by atoms with Gasteiger partial charge in [0.25, 0.3) is 7.82 Å². The van der Waals surface area contributed by atoms with Crippen LogP contribution in [-0.2, 0) is 27.9 Å². The largest absolute Gasteiger partial charge is 0.756 e. The molecule has 3 N–H and O–H groups in total. The average Bonchev–Trinajstić information content (AvgIpc) is 3.40. The Morgan fingerprint density at radius 1 is 0.804 bits per heavy atom. The van der Waals surface area contributed by atoms with Crippen LogP contribution in [0.25, 0.3) is 0 Å². The molecule has 0 bridgehead atoms. The number of nitrogens with zero attached hydrogens (tertiary/aromatic N) is 1. The van der Waals surface area contributed by atoms with Crippen molar-refractivity contribution in [1.82, 2.24) is 0 Å². The van der Waals surface area contributed by atoms with Gasteiger partial charge >= 0.3 is 5.97 Å². The van der Waals surface area contributed by atoms with Crippen molar-refractivity contribution in [2.75, 3.05) is 47.5 Å². The molecule has 11 nitrogen and oxygen atoms in total. The Bertz CT molecular complexity index is 1150. The predicted molar refractivity (Wildman–Crippen MR) is 223 cm³/mol. The minimum absolute atomic E-state index is 0.0434. The molecule has 1 fully saturated rings. The van der Waals surface area contributed by atoms with E-state index in [1.807, 2.05) is 33.3 Å². The average molecular weight is 814 g/mol. The monoisotopic (exact) mass is 814 g/mol. The molecule has 0 aromatic carbocycles. The molecular formula is C44H80NO10P. The second-order valence-electron chi connectivity index (χ2n) is 16.4. The molecule has 0 saturated heterocycles. The van der Waals surface area contributed by atoms with E-state index >= 15 is 0 Å².